The summed E-state index contributed by atoms with van der Waals surface area (Å²) in [5.41, 5.74) is 1.14. The van der Waals surface area contributed by atoms with E-state index in [-0.39, 0.29) is 0 Å². The van der Waals surface area contributed by atoms with Crippen molar-refractivity contribution in [3.63, 3.8) is 0 Å². The Morgan fingerprint density at radius 3 is 3.18 bits per heavy atom. The van der Waals surface area contributed by atoms with Crippen LogP contribution in [0.15, 0.2) is 12.3 Å². The van der Waals surface area contributed by atoms with Gasteiger partial charge >= 0.3 is 0 Å². The smallest absolute Gasteiger partial charge is 0.120 e. The molecule has 0 fully saturated rings. The fourth-order valence-corrected chi connectivity index (χ4v) is 1.06. The van der Waals surface area contributed by atoms with Crippen molar-refractivity contribution in [2.45, 2.75) is 26.3 Å². The SMILES string of the molecule is CCn1nccc1CCC=O. The van der Waals surface area contributed by atoms with Gasteiger partial charge in [0.05, 0.1) is 0 Å². The van der Waals surface area contributed by atoms with Gasteiger partial charge in [0, 0.05) is 24.9 Å². The Balaban J connectivity index is 2.60. The summed E-state index contributed by atoms with van der Waals surface area (Å²) in [5.74, 6) is 0. The number of hydrogen-bond acceptors (Lipinski definition) is 2. The van der Waals surface area contributed by atoms with Crippen LogP contribution in [-0.2, 0) is 17.8 Å². The van der Waals surface area contributed by atoms with Crippen molar-refractivity contribution in [1.29, 1.82) is 0 Å². The van der Waals surface area contributed by atoms with Crippen LogP contribution >= 0.6 is 0 Å². The summed E-state index contributed by atoms with van der Waals surface area (Å²) in [5, 5.41) is 4.09. The Morgan fingerprint density at radius 1 is 1.73 bits per heavy atom. The van der Waals surface area contributed by atoms with Gasteiger partial charge in [-0.25, -0.2) is 0 Å². The Morgan fingerprint density at radius 2 is 2.55 bits per heavy atom. The average molecular weight is 152 g/mol. The van der Waals surface area contributed by atoms with E-state index in [1.165, 1.54) is 0 Å². The molecule has 0 N–H and O–H groups in total. The lowest BCUT2D eigenvalue weighted by atomic mass is 10.2. The minimum absolute atomic E-state index is 0.589. The molecule has 0 bridgehead atoms. The van der Waals surface area contributed by atoms with Crippen LogP contribution in [0, 0.1) is 0 Å². The summed E-state index contributed by atoms with van der Waals surface area (Å²) >= 11 is 0. The topological polar surface area (TPSA) is 34.9 Å². The van der Waals surface area contributed by atoms with Gasteiger partial charge in [0.25, 0.3) is 0 Å². The maximum atomic E-state index is 10.1. The van der Waals surface area contributed by atoms with Crippen LogP contribution in [-0.4, -0.2) is 16.1 Å². The van der Waals surface area contributed by atoms with Gasteiger partial charge in [-0.1, -0.05) is 0 Å². The lowest BCUT2D eigenvalue weighted by molar-refractivity contribution is -0.107. The molecule has 0 saturated heterocycles. The van der Waals surface area contributed by atoms with E-state index in [1.807, 2.05) is 17.7 Å². The fourth-order valence-electron chi connectivity index (χ4n) is 1.06. The lowest BCUT2D eigenvalue weighted by Gasteiger charge is -2.00. The van der Waals surface area contributed by atoms with E-state index in [0.29, 0.717) is 6.42 Å². The van der Waals surface area contributed by atoms with E-state index >= 15 is 0 Å². The number of carbonyl (C=O) groups is 1. The van der Waals surface area contributed by atoms with Crippen molar-refractivity contribution >= 4 is 6.29 Å². The van der Waals surface area contributed by atoms with E-state index in [2.05, 4.69) is 5.10 Å². The van der Waals surface area contributed by atoms with E-state index in [1.54, 1.807) is 6.20 Å². The first-order valence-electron chi connectivity index (χ1n) is 3.82. The van der Waals surface area contributed by atoms with Gasteiger partial charge in [0.2, 0.25) is 0 Å². The minimum atomic E-state index is 0.589. The molecule has 11 heavy (non-hydrogen) atoms. The molecule has 3 heteroatoms. The standard InChI is InChI=1S/C8H12N2O/c1-2-10-8(4-3-7-11)5-6-9-10/h5-7H,2-4H2,1H3. The van der Waals surface area contributed by atoms with Gasteiger partial charge in [-0.2, -0.15) is 5.10 Å². The van der Waals surface area contributed by atoms with Crippen LogP contribution in [0.5, 0.6) is 0 Å². The second-order valence-corrected chi connectivity index (χ2v) is 2.34. The highest BCUT2D eigenvalue weighted by molar-refractivity contribution is 5.49. The number of nitrogens with zero attached hydrogens (tertiary/aromatic N) is 2. The first-order chi connectivity index (χ1) is 5.38. The summed E-state index contributed by atoms with van der Waals surface area (Å²) in [6.07, 6.45) is 4.10. The third-order valence-electron chi connectivity index (χ3n) is 1.62. The second kappa shape index (κ2) is 3.91. The number of aromatic nitrogens is 2. The molecule has 3 nitrogen and oxygen atoms in total. The minimum Gasteiger partial charge on any atom is -0.303 e. The maximum Gasteiger partial charge on any atom is 0.120 e. The Kier molecular flexibility index (Phi) is 2.83. The van der Waals surface area contributed by atoms with Gasteiger partial charge in [0.1, 0.15) is 6.29 Å². The number of hydrogen-bond donors (Lipinski definition) is 0. The molecule has 60 valence electrons. The predicted octanol–water partition coefficient (Wildman–Crippen LogP) is 1.03. The molecule has 0 unspecified atom stereocenters. The van der Waals surface area contributed by atoms with E-state index in [0.717, 1.165) is 24.9 Å². The van der Waals surface area contributed by atoms with Crippen molar-refractivity contribution in [2.24, 2.45) is 0 Å². The molecule has 0 aliphatic carbocycles. The molecule has 0 atom stereocenters. The molecule has 0 aliphatic heterocycles. The molecular formula is C8H12N2O. The van der Waals surface area contributed by atoms with Gasteiger partial charge in [-0.05, 0) is 19.4 Å². The molecule has 0 aromatic carbocycles. The fraction of sp³-hybridized carbons (Fsp3) is 0.500. The van der Waals surface area contributed by atoms with Gasteiger partial charge in [-0.15, -0.1) is 0 Å². The highest BCUT2D eigenvalue weighted by atomic mass is 16.1. The zero-order valence-electron chi connectivity index (χ0n) is 6.66. The monoisotopic (exact) mass is 152 g/mol. The zero-order valence-corrected chi connectivity index (χ0v) is 6.66. The van der Waals surface area contributed by atoms with Crippen molar-refractivity contribution in [1.82, 2.24) is 9.78 Å². The normalized spacial score (nSPS) is 9.91. The number of carbonyl (C=O) groups excluding carboxylic acids is 1. The lowest BCUT2D eigenvalue weighted by Crippen LogP contribution is -2.02. The summed E-state index contributed by atoms with van der Waals surface area (Å²) in [4.78, 5) is 10.1. The van der Waals surface area contributed by atoms with Crippen molar-refractivity contribution in [3.05, 3.63) is 18.0 Å². The molecular weight excluding hydrogens is 140 g/mol. The summed E-state index contributed by atoms with van der Waals surface area (Å²) in [6, 6.07) is 1.95. The zero-order chi connectivity index (χ0) is 8.10. The quantitative estimate of drug-likeness (QED) is 0.604. The van der Waals surface area contributed by atoms with Crippen molar-refractivity contribution in [2.75, 3.05) is 0 Å². The van der Waals surface area contributed by atoms with Crippen LogP contribution in [0.25, 0.3) is 0 Å². The van der Waals surface area contributed by atoms with Crippen LogP contribution < -0.4 is 0 Å². The summed E-state index contributed by atoms with van der Waals surface area (Å²) < 4.78 is 1.91. The molecule has 0 spiro atoms. The highest BCUT2D eigenvalue weighted by Gasteiger charge is 1.98. The highest BCUT2D eigenvalue weighted by Crippen LogP contribution is 2.00. The van der Waals surface area contributed by atoms with E-state index < -0.39 is 0 Å². The van der Waals surface area contributed by atoms with Crippen LogP contribution in [0.2, 0.25) is 0 Å². The van der Waals surface area contributed by atoms with Crippen LogP contribution in [0.3, 0.4) is 0 Å². The molecule has 1 aromatic rings. The number of rotatable bonds is 4. The molecule has 1 rings (SSSR count). The first-order valence-corrected chi connectivity index (χ1v) is 3.82. The molecule has 0 aliphatic rings. The van der Waals surface area contributed by atoms with Gasteiger partial charge in [0.15, 0.2) is 0 Å². The second-order valence-electron chi connectivity index (χ2n) is 2.34. The Bertz CT molecular complexity index is 230. The Hall–Kier alpha value is -1.12. The molecule has 1 aromatic heterocycles. The third-order valence-corrected chi connectivity index (χ3v) is 1.62. The van der Waals surface area contributed by atoms with E-state index in [9.17, 15) is 4.79 Å². The van der Waals surface area contributed by atoms with Crippen molar-refractivity contribution in [3.8, 4) is 0 Å². The number of aldehydes is 1. The third kappa shape index (κ3) is 1.90. The molecule has 0 saturated carbocycles. The molecule has 0 radical (unpaired) electrons. The molecule has 0 amide bonds. The Labute approximate surface area is 66.0 Å². The van der Waals surface area contributed by atoms with Gasteiger partial charge in [-0.3, -0.25) is 4.68 Å². The van der Waals surface area contributed by atoms with Gasteiger partial charge < -0.3 is 4.79 Å². The molecule has 1 heterocycles. The van der Waals surface area contributed by atoms with E-state index in [4.69, 9.17) is 0 Å². The van der Waals surface area contributed by atoms with Crippen molar-refractivity contribution < 1.29 is 4.79 Å². The largest absolute Gasteiger partial charge is 0.303 e. The number of aryl methyl sites for hydroxylation is 2. The summed E-state index contributed by atoms with van der Waals surface area (Å²) in [7, 11) is 0. The van der Waals surface area contributed by atoms with Crippen LogP contribution in [0.1, 0.15) is 19.0 Å². The predicted molar refractivity (Wildman–Crippen MR) is 42.3 cm³/mol. The maximum absolute atomic E-state index is 10.1. The average Bonchev–Trinajstić information content (AvgIpc) is 2.47. The first kappa shape index (κ1) is 7.98. The van der Waals surface area contributed by atoms with Crippen LogP contribution in [0.4, 0.5) is 0 Å². The summed E-state index contributed by atoms with van der Waals surface area (Å²) in [6.45, 7) is 2.92.